The Morgan fingerprint density at radius 2 is 2.14 bits per heavy atom. The van der Waals surface area contributed by atoms with Crippen molar-refractivity contribution < 1.29 is 9.90 Å². The summed E-state index contributed by atoms with van der Waals surface area (Å²) in [6.45, 7) is 2.16. The second-order valence-corrected chi connectivity index (χ2v) is 5.01. The molecule has 14 heavy (non-hydrogen) atoms. The van der Waals surface area contributed by atoms with Crippen LogP contribution in [0.1, 0.15) is 45.4 Å². The summed E-state index contributed by atoms with van der Waals surface area (Å²) in [7, 11) is 0. The Labute approximate surface area is 84.9 Å². The summed E-state index contributed by atoms with van der Waals surface area (Å²) in [4.78, 5) is 11.3. The summed E-state index contributed by atoms with van der Waals surface area (Å²) in [6.07, 6.45) is 6.16. The first-order valence-electron chi connectivity index (χ1n) is 5.63. The Hall–Kier alpha value is -0.570. The molecule has 2 atom stereocenters. The highest BCUT2D eigenvalue weighted by Gasteiger charge is 2.44. The number of rotatable bonds is 3. The van der Waals surface area contributed by atoms with Crippen molar-refractivity contribution in [2.75, 3.05) is 0 Å². The molecule has 3 heteroatoms. The molecule has 2 aliphatic rings. The number of carbonyl (C=O) groups is 1. The van der Waals surface area contributed by atoms with Crippen molar-refractivity contribution in [2.24, 2.45) is 5.92 Å². The number of aliphatic carboxylic acids is 1. The lowest BCUT2D eigenvalue weighted by atomic mass is 9.76. The first-order chi connectivity index (χ1) is 6.62. The molecule has 0 amide bonds. The third kappa shape index (κ3) is 1.92. The van der Waals surface area contributed by atoms with Crippen LogP contribution < -0.4 is 5.32 Å². The third-order valence-electron chi connectivity index (χ3n) is 3.46. The summed E-state index contributed by atoms with van der Waals surface area (Å²) in [6, 6.07) is 0.483. The van der Waals surface area contributed by atoms with E-state index in [0.29, 0.717) is 12.0 Å². The molecule has 2 fully saturated rings. The van der Waals surface area contributed by atoms with Crippen molar-refractivity contribution in [1.29, 1.82) is 0 Å². The fraction of sp³-hybridized carbons (Fsp3) is 0.909. The molecule has 2 unspecified atom stereocenters. The van der Waals surface area contributed by atoms with Crippen molar-refractivity contribution in [3.8, 4) is 0 Å². The minimum atomic E-state index is -0.643. The van der Waals surface area contributed by atoms with Crippen molar-refractivity contribution in [2.45, 2.75) is 57.0 Å². The van der Waals surface area contributed by atoms with Crippen LogP contribution in [0.5, 0.6) is 0 Å². The molecule has 0 saturated heterocycles. The molecule has 0 heterocycles. The molecule has 2 aliphatic carbocycles. The van der Waals surface area contributed by atoms with Crippen LogP contribution in [0.4, 0.5) is 0 Å². The van der Waals surface area contributed by atoms with Gasteiger partial charge in [0.15, 0.2) is 0 Å². The largest absolute Gasteiger partial charge is 0.480 e. The molecular formula is C11H19NO2. The molecule has 80 valence electrons. The molecule has 0 radical (unpaired) electrons. The Balaban J connectivity index is 2.06. The normalized spacial score (nSPS) is 38.2. The molecule has 0 aromatic heterocycles. The SMILES string of the molecule is CC1CCCC(NC2CC2)(C(=O)O)C1. The highest BCUT2D eigenvalue weighted by atomic mass is 16.4. The van der Waals surface area contributed by atoms with E-state index in [9.17, 15) is 9.90 Å². The number of hydrogen-bond acceptors (Lipinski definition) is 2. The molecule has 2 saturated carbocycles. The summed E-state index contributed by atoms with van der Waals surface area (Å²) in [5.41, 5.74) is -0.598. The van der Waals surface area contributed by atoms with Crippen molar-refractivity contribution in [1.82, 2.24) is 5.32 Å². The Morgan fingerprint density at radius 1 is 1.43 bits per heavy atom. The van der Waals surface area contributed by atoms with E-state index in [4.69, 9.17) is 0 Å². The van der Waals surface area contributed by atoms with Gasteiger partial charge < -0.3 is 5.11 Å². The van der Waals surface area contributed by atoms with E-state index in [1.54, 1.807) is 0 Å². The average molecular weight is 197 g/mol. The quantitative estimate of drug-likeness (QED) is 0.725. The predicted molar refractivity (Wildman–Crippen MR) is 54.2 cm³/mol. The van der Waals surface area contributed by atoms with Crippen molar-refractivity contribution in [3.05, 3.63) is 0 Å². The maximum atomic E-state index is 11.3. The van der Waals surface area contributed by atoms with Crippen LogP contribution in [0.25, 0.3) is 0 Å². The van der Waals surface area contributed by atoms with Crippen LogP contribution >= 0.6 is 0 Å². The van der Waals surface area contributed by atoms with Crippen LogP contribution in [0.2, 0.25) is 0 Å². The van der Waals surface area contributed by atoms with Gasteiger partial charge in [0, 0.05) is 6.04 Å². The van der Waals surface area contributed by atoms with E-state index in [0.717, 1.165) is 32.1 Å². The molecule has 0 aliphatic heterocycles. The van der Waals surface area contributed by atoms with E-state index >= 15 is 0 Å². The van der Waals surface area contributed by atoms with E-state index in [1.165, 1.54) is 6.42 Å². The summed E-state index contributed by atoms with van der Waals surface area (Å²) in [5, 5.41) is 12.7. The minimum absolute atomic E-state index is 0.483. The summed E-state index contributed by atoms with van der Waals surface area (Å²) < 4.78 is 0. The van der Waals surface area contributed by atoms with Crippen LogP contribution in [0, 0.1) is 5.92 Å². The van der Waals surface area contributed by atoms with Gasteiger partial charge in [0.25, 0.3) is 0 Å². The highest BCUT2D eigenvalue weighted by Crippen LogP contribution is 2.35. The Kier molecular flexibility index (Phi) is 2.52. The number of nitrogens with one attached hydrogen (secondary N) is 1. The molecule has 0 aromatic rings. The lowest BCUT2D eigenvalue weighted by Gasteiger charge is -2.37. The van der Waals surface area contributed by atoms with Gasteiger partial charge in [0.05, 0.1) is 0 Å². The van der Waals surface area contributed by atoms with E-state index < -0.39 is 11.5 Å². The summed E-state index contributed by atoms with van der Waals surface area (Å²) in [5.74, 6) is -0.0953. The van der Waals surface area contributed by atoms with Crippen molar-refractivity contribution in [3.63, 3.8) is 0 Å². The van der Waals surface area contributed by atoms with Gasteiger partial charge in [-0.05, 0) is 31.6 Å². The van der Waals surface area contributed by atoms with Gasteiger partial charge >= 0.3 is 5.97 Å². The van der Waals surface area contributed by atoms with Crippen LogP contribution in [-0.2, 0) is 4.79 Å². The minimum Gasteiger partial charge on any atom is -0.480 e. The van der Waals surface area contributed by atoms with Gasteiger partial charge in [-0.25, -0.2) is 0 Å². The second-order valence-electron chi connectivity index (χ2n) is 5.01. The van der Waals surface area contributed by atoms with E-state index in [-0.39, 0.29) is 0 Å². The number of carboxylic acid groups (broad SMARTS) is 1. The van der Waals surface area contributed by atoms with Gasteiger partial charge in [0.2, 0.25) is 0 Å². The standard InChI is InChI=1S/C11H19NO2/c1-8-3-2-6-11(7-8,10(13)14)12-9-4-5-9/h8-9,12H,2-7H2,1H3,(H,13,14). The zero-order valence-electron chi connectivity index (χ0n) is 8.75. The Morgan fingerprint density at radius 3 is 2.64 bits per heavy atom. The zero-order valence-corrected chi connectivity index (χ0v) is 8.75. The molecule has 0 spiro atoms. The monoisotopic (exact) mass is 197 g/mol. The van der Waals surface area contributed by atoms with Crippen molar-refractivity contribution >= 4 is 5.97 Å². The number of hydrogen-bond donors (Lipinski definition) is 2. The van der Waals surface area contributed by atoms with E-state index in [1.807, 2.05) is 0 Å². The molecule has 0 aromatic carbocycles. The average Bonchev–Trinajstić information content (AvgIpc) is 2.88. The van der Waals surface area contributed by atoms with E-state index in [2.05, 4.69) is 12.2 Å². The third-order valence-corrected chi connectivity index (χ3v) is 3.46. The molecular weight excluding hydrogens is 178 g/mol. The van der Waals surface area contributed by atoms with Crippen LogP contribution in [-0.4, -0.2) is 22.7 Å². The van der Waals surface area contributed by atoms with Gasteiger partial charge in [-0.1, -0.05) is 19.8 Å². The predicted octanol–water partition coefficient (Wildman–Crippen LogP) is 1.77. The highest BCUT2D eigenvalue weighted by molar-refractivity contribution is 5.79. The fourth-order valence-electron chi connectivity index (χ4n) is 2.56. The zero-order chi connectivity index (χ0) is 10.2. The maximum Gasteiger partial charge on any atom is 0.323 e. The lowest BCUT2D eigenvalue weighted by molar-refractivity contribution is -0.147. The summed E-state index contributed by atoms with van der Waals surface area (Å²) >= 11 is 0. The molecule has 2 rings (SSSR count). The smallest absolute Gasteiger partial charge is 0.323 e. The lowest BCUT2D eigenvalue weighted by Crippen LogP contribution is -2.55. The topological polar surface area (TPSA) is 49.3 Å². The van der Waals surface area contributed by atoms with Crippen LogP contribution in [0.3, 0.4) is 0 Å². The first kappa shape index (κ1) is 9.97. The maximum absolute atomic E-state index is 11.3. The first-order valence-corrected chi connectivity index (χ1v) is 5.63. The fourth-order valence-corrected chi connectivity index (χ4v) is 2.56. The van der Waals surface area contributed by atoms with Crippen LogP contribution in [0.15, 0.2) is 0 Å². The second kappa shape index (κ2) is 3.54. The molecule has 3 nitrogen and oxygen atoms in total. The van der Waals surface area contributed by atoms with Gasteiger partial charge in [-0.2, -0.15) is 0 Å². The molecule has 2 N–H and O–H groups in total. The number of carboxylic acids is 1. The Bertz CT molecular complexity index is 233. The van der Waals surface area contributed by atoms with Gasteiger partial charge in [-0.3, -0.25) is 10.1 Å². The van der Waals surface area contributed by atoms with Gasteiger partial charge in [0.1, 0.15) is 5.54 Å². The molecule has 0 bridgehead atoms. The van der Waals surface area contributed by atoms with Gasteiger partial charge in [-0.15, -0.1) is 0 Å².